The maximum Gasteiger partial charge on any atom is 0.314 e. The van der Waals surface area contributed by atoms with Crippen molar-refractivity contribution < 1.29 is 14.7 Å². The molecular formula is C14H22N2O3. The van der Waals surface area contributed by atoms with Gasteiger partial charge in [0.1, 0.15) is 0 Å². The number of urea groups is 1. The third-order valence-electron chi connectivity index (χ3n) is 4.22. The molecule has 19 heavy (non-hydrogen) atoms. The van der Waals surface area contributed by atoms with E-state index < -0.39 is 11.4 Å². The van der Waals surface area contributed by atoms with E-state index in [9.17, 15) is 9.59 Å². The SMILES string of the molecule is O=C(NCCC1=CCCC1)NCC1(C(=O)O)CCC1. The van der Waals surface area contributed by atoms with Gasteiger partial charge in [-0.05, 0) is 38.5 Å². The van der Waals surface area contributed by atoms with Crippen LogP contribution < -0.4 is 10.6 Å². The van der Waals surface area contributed by atoms with Crippen LogP contribution in [-0.2, 0) is 4.79 Å². The topological polar surface area (TPSA) is 78.4 Å². The van der Waals surface area contributed by atoms with Gasteiger partial charge in [-0.3, -0.25) is 4.79 Å². The second-order valence-electron chi connectivity index (χ2n) is 5.55. The fraction of sp³-hybridized carbons (Fsp3) is 0.714. The highest BCUT2D eigenvalue weighted by molar-refractivity contribution is 5.78. The summed E-state index contributed by atoms with van der Waals surface area (Å²) < 4.78 is 0. The molecule has 0 spiro atoms. The summed E-state index contributed by atoms with van der Waals surface area (Å²) in [6.07, 6.45) is 8.93. The first-order valence-electron chi connectivity index (χ1n) is 7.05. The van der Waals surface area contributed by atoms with Crippen molar-refractivity contribution in [2.45, 2.75) is 44.9 Å². The zero-order valence-electron chi connectivity index (χ0n) is 11.2. The molecule has 1 fully saturated rings. The Hall–Kier alpha value is -1.52. The van der Waals surface area contributed by atoms with Gasteiger partial charge in [0.05, 0.1) is 5.41 Å². The molecule has 3 N–H and O–H groups in total. The number of carboxylic acids is 1. The molecule has 0 heterocycles. The van der Waals surface area contributed by atoms with Crippen LogP contribution in [0.25, 0.3) is 0 Å². The molecule has 2 aliphatic carbocycles. The second-order valence-corrected chi connectivity index (χ2v) is 5.55. The molecule has 5 nitrogen and oxygen atoms in total. The third kappa shape index (κ3) is 3.49. The molecule has 1 saturated carbocycles. The first-order valence-corrected chi connectivity index (χ1v) is 7.05. The van der Waals surface area contributed by atoms with Gasteiger partial charge in [-0.25, -0.2) is 4.79 Å². The van der Waals surface area contributed by atoms with E-state index in [1.807, 2.05) is 0 Å². The smallest absolute Gasteiger partial charge is 0.314 e. The van der Waals surface area contributed by atoms with Gasteiger partial charge in [-0.1, -0.05) is 18.1 Å². The van der Waals surface area contributed by atoms with Crippen molar-refractivity contribution in [2.75, 3.05) is 13.1 Å². The van der Waals surface area contributed by atoms with Crippen LogP contribution in [0, 0.1) is 5.41 Å². The summed E-state index contributed by atoms with van der Waals surface area (Å²) >= 11 is 0. The number of amides is 2. The zero-order valence-corrected chi connectivity index (χ0v) is 11.2. The summed E-state index contributed by atoms with van der Waals surface area (Å²) in [6, 6.07) is -0.258. The normalized spacial score (nSPS) is 20.3. The van der Waals surface area contributed by atoms with Crippen LogP contribution in [0.15, 0.2) is 11.6 Å². The Balaban J connectivity index is 1.63. The van der Waals surface area contributed by atoms with Crippen LogP contribution in [0.5, 0.6) is 0 Å². The van der Waals surface area contributed by atoms with E-state index in [4.69, 9.17) is 5.11 Å². The Morgan fingerprint density at radius 3 is 2.58 bits per heavy atom. The van der Waals surface area contributed by atoms with Gasteiger partial charge in [0.25, 0.3) is 0 Å². The third-order valence-corrected chi connectivity index (χ3v) is 4.22. The van der Waals surface area contributed by atoms with Crippen LogP contribution in [-0.4, -0.2) is 30.2 Å². The molecule has 0 aromatic rings. The van der Waals surface area contributed by atoms with Gasteiger partial charge >= 0.3 is 12.0 Å². The Labute approximate surface area is 113 Å². The molecule has 0 radical (unpaired) electrons. The fourth-order valence-corrected chi connectivity index (χ4v) is 2.68. The predicted molar refractivity (Wildman–Crippen MR) is 71.9 cm³/mol. The van der Waals surface area contributed by atoms with Gasteiger partial charge in [-0.2, -0.15) is 0 Å². The van der Waals surface area contributed by atoms with E-state index in [0.29, 0.717) is 19.4 Å². The Kier molecular flexibility index (Phi) is 4.45. The van der Waals surface area contributed by atoms with E-state index in [-0.39, 0.29) is 12.6 Å². The van der Waals surface area contributed by atoms with E-state index in [1.165, 1.54) is 12.0 Å². The number of carbonyl (C=O) groups excluding carboxylic acids is 1. The van der Waals surface area contributed by atoms with Crippen molar-refractivity contribution in [1.29, 1.82) is 0 Å². The summed E-state index contributed by atoms with van der Waals surface area (Å²) in [7, 11) is 0. The van der Waals surface area contributed by atoms with Crippen molar-refractivity contribution in [1.82, 2.24) is 10.6 Å². The van der Waals surface area contributed by atoms with Gasteiger partial charge in [-0.15, -0.1) is 0 Å². The maximum absolute atomic E-state index is 11.6. The van der Waals surface area contributed by atoms with E-state index in [1.54, 1.807) is 0 Å². The molecule has 2 amide bonds. The minimum Gasteiger partial charge on any atom is -0.481 e. The molecule has 0 aromatic heterocycles. The van der Waals surface area contributed by atoms with Crippen molar-refractivity contribution >= 4 is 12.0 Å². The van der Waals surface area contributed by atoms with Gasteiger partial charge in [0.2, 0.25) is 0 Å². The molecule has 0 saturated heterocycles. The lowest BCUT2D eigenvalue weighted by molar-refractivity contribution is -0.153. The molecule has 2 aliphatic rings. The zero-order chi connectivity index (χ0) is 13.7. The molecule has 5 heteroatoms. The first-order chi connectivity index (χ1) is 9.12. The van der Waals surface area contributed by atoms with Gasteiger partial charge in [0, 0.05) is 13.1 Å². The summed E-state index contributed by atoms with van der Waals surface area (Å²) in [5.41, 5.74) is 0.701. The van der Waals surface area contributed by atoms with Crippen LogP contribution in [0.2, 0.25) is 0 Å². The van der Waals surface area contributed by atoms with E-state index >= 15 is 0 Å². The largest absolute Gasteiger partial charge is 0.481 e. The number of rotatable bonds is 6. The first kappa shape index (κ1) is 13.9. The van der Waals surface area contributed by atoms with Gasteiger partial charge in [0.15, 0.2) is 0 Å². The Morgan fingerprint density at radius 1 is 1.26 bits per heavy atom. The molecule has 0 atom stereocenters. The lowest BCUT2D eigenvalue weighted by Crippen LogP contribution is -2.49. The maximum atomic E-state index is 11.6. The van der Waals surface area contributed by atoms with Crippen LogP contribution >= 0.6 is 0 Å². The number of allylic oxidation sites excluding steroid dienone is 1. The average molecular weight is 266 g/mol. The van der Waals surface area contributed by atoms with Crippen LogP contribution in [0.3, 0.4) is 0 Å². The quantitative estimate of drug-likeness (QED) is 0.644. The molecule has 0 unspecified atom stereocenters. The lowest BCUT2D eigenvalue weighted by Gasteiger charge is -2.37. The standard InChI is InChI=1S/C14H22N2O3/c17-12(18)14(7-3-8-14)10-16-13(19)15-9-6-11-4-1-2-5-11/h4H,1-3,5-10H2,(H,17,18)(H2,15,16,19). The summed E-state index contributed by atoms with van der Waals surface area (Å²) in [4.78, 5) is 22.7. The number of aliphatic carboxylic acids is 1. The van der Waals surface area contributed by atoms with E-state index in [0.717, 1.165) is 25.7 Å². The van der Waals surface area contributed by atoms with Crippen molar-refractivity contribution in [3.8, 4) is 0 Å². The molecule has 0 bridgehead atoms. The van der Waals surface area contributed by atoms with Gasteiger partial charge < -0.3 is 15.7 Å². The molecule has 106 valence electrons. The van der Waals surface area contributed by atoms with Crippen LogP contribution in [0.4, 0.5) is 4.79 Å². The molecule has 0 aromatic carbocycles. The van der Waals surface area contributed by atoms with Crippen molar-refractivity contribution in [3.05, 3.63) is 11.6 Å². The highest BCUT2D eigenvalue weighted by Gasteiger charge is 2.44. The molecular weight excluding hydrogens is 244 g/mol. The summed E-state index contributed by atoms with van der Waals surface area (Å²) in [6.45, 7) is 0.856. The van der Waals surface area contributed by atoms with E-state index in [2.05, 4.69) is 16.7 Å². The van der Waals surface area contributed by atoms with Crippen molar-refractivity contribution in [3.63, 3.8) is 0 Å². The molecule has 0 aliphatic heterocycles. The highest BCUT2D eigenvalue weighted by atomic mass is 16.4. The lowest BCUT2D eigenvalue weighted by atomic mass is 9.69. The average Bonchev–Trinajstić information content (AvgIpc) is 2.80. The summed E-state index contributed by atoms with van der Waals surface area (Å²) in [5.74, 6) is -0.796. The summed E-state index contributed by atoms with van der Waals surface area (Å²) in [5, 5.41) is 14.6. The molecule has 2 rings (SSSR count). The predicted octanol–water partition coefficient (Wildman–Crippen LogP) is 2.04. The van der Waals surface area contributed by atoms with Crippen LogP contribution in [0.1, 0.15) is 44.9 Å². The minimum atomic E-state index is -0.796. The Bertz CT molecular complexity index is 386. The monoisotopic (exact) mass is 266 g/mol. The minimum absolute atomic E-state index is 0.233. The fourth-order valence-electron chi connectivity index (χ4n) is 2.68. The number of hydrogen-bond acceptors (Lipinski definition) is 2. The number of carbonyl (C=O) groups is 2. The highest BCUT2D eigenvalue weighted by Crippen LogP contribution is 2.40. The number of carboxylic acid groups (broad SMARTS) is 1. The number of hydrogen-bond donors (Lipinski definition) is 3. The van der Waals surface area contributed by atoms with Crippen molar-refractivity contribution in [2.24, 2.45) is 5.41 Å². The number of nitrogens with one attached hydrogen (secondary N) is 2. The second kappa shape index (κ2) is 6.08. The Morgan fingerprint density at radius 2 is 2.05 bits per heavy atom.